The van der Waals surface area contributed by atoms with Crippen LogP contribution in [0.3, 0.4) is 0 Å². The van der Waals surface area contributed by atoms with Gasteiger partial charge in [-0.25, -0.2) is 4.98 Å². The lowest BCUT2D eigenvalue weighted by atomic mass is 10.4. The maximum absolute atomic E-state index is 10.9. The third-order valence-electron chi connectivity index (χ3n) is 1.62. The Labute approximate surface area is 83.7 Å². The van der Waals surface area contributed by atoms with E-state index < -0.39 is 5.97 Å². The highest BCUT2D eigenvalue weighted by atomic mass is 16.5. The van der Waals surface area contributed by atoms with Crippen LogP contribution >= 0.6 is 0 Å². The maximum atomic E-state index is 10.9. The molecular formula is C7H7N5O3. The number of rotatable bonds is 3. The molecular weight excluding hydrogens is 202 g/mol. The average Bonchev–Trinajstić information content (AvgIpc) is 2.85. The van der Waals surface area contributed by atoms with Crippen LogP contribution in [0.2, 0.25) is 0 Å². The molecule has 0 amide bonds. The molecule has 0 bridgehead atoms. The van der Waals surface area contributed by atoms with E-state index in [9.17, 15) is 4.79 Å². The lowest BCUT2D eigenvalue weighted by Crippen LogP contribution is -2.04. The van der Waals surface area contributed by atoms with Crippen LogP contribution < -0.4 is 0 Å². The summed E-state index contributed by atoms with van der Waals surface area (Å²) in [5.41, 5.74) is 0. The summed E-state index contributed by atoms with van der Waals surface area (Å²) in [7, 11) is 1.29. The zero-order valence-corrected chi connectivity index (χ0v) is 7.80. The molecule has 15 heavy (non-hydrogen) atoms. The van der Waals surface area contributed by atoms with Crippen LogP contribution in [0.1, 0.15) is 5.89 Å². The molecule has 0 aliphatic carbocycles. The predicted octanol–water partition coefficient (Wildman–Crippen LogP) is -0.430. The lowest BCUT2D eigenvalue weighted by Gasteiger charge is -1.91. The second-order valence-corrected chi connectivity index (χ2v) is 2.60. The number of carbonyl (C=O) groups is 1. The summed E-state index contributed by atoms with van der Waals surface area (Å²) in [6.45, 7) is 0. The third-order valence-corrected chi connectivity index (χ3v) is 1.62. The number of methoxy groups -OCH3 is 1. The Hall–Kier alpha value is -2.25. The molecule has 0 saturated carbocycles. The molecule has 2 aromatic rings. The van der Waals surface area contributed by atoms with Crippen molar-refractivity contribution >= 4 is 5.97 Å². The summed E-state index contributed by atoms with van der Waals surface area (Å²) in [6, 6.07) is 0. The zero-order chi connectivity index (χ0) is 10.7. The molecule has 2 rings (SSSR count). The first kappa shape index (κ1) is 9.31. The average molecular weight is 209 g/mol. The molecule has 0 unspecified atom stereocenters. The monoisotopic (exact) mass is 209 g/mol. The first-order valence-electron chi connectivity index (χ1n) is 4.04. The van der Waals surface area contributed by atoms with Gasteiger partial charge in [0, 0.05) is 0 Å². The van der Waals surface area contributed by atoms with Gasteiger partial charge in [0.05, 0.1) is 7.11 Å². The molecule has 0 aromatic carbocycles. The van der Waals surface area contributed by atoms with Gasteiger partial charge in [0.2, 0.25) is 11.7 Å². The topological polar surface area (TPSA) is 107 Å². The molecule has 0 aliphatic rings. The Morgan fingerprint density at radius 1 is 1.67 bits per heavy atom. The van der Waals surface area contributed by atoms with Crippen molar-refractivity contribution in [3.05, 3.63) is 12.2 Å². The molecule has 0 aliphatic heterocycles. The number of carbonyl (C=O) groups excluding carboxylic acids is 1. The van der Waals surface area contributed by atoms with Crippen LogP contribution in [0, 0.1) is 0 Å². The van der Waals surface area contributed by atoms with E-state index in [4.69, 9.17) is 4.52 Å². The van der Waals surface area contributed by atoms with Gasteiger partial charge >= 0.3 is 5.97 Å². The Morgan fingerprint density at radius 3 is 3.20 bits per heavy atom. The fraction of sp³-hybridized carbons (Fsp3) is 0.286. The van der Waals surface area contributed by atoms with E-state index in [1.165, 1.54) is 13.4 Å². The molecule has 0 atom stereocenters. The van der Waals surface area contributed by atoms with E-state index in [-0.39, 0.29) is 18.1 Å². The Bertz CT molecular complexity index is 449. The van der Waals surface area contributed by atoms with Gasteiger partial charge < -0.3 is 9.26 Å². The molecule has 0 saturated heterocycles. The normalized spacial score (nSPS) is 10.2. The van der Waals surface area contributed by atoms with Crippen LogP contribution in [0.15, 0.2) is 10.9 Å². The molecule has 2 aromatic heterocycles. The largest absolute Gasteiger partial charge is 0.469 e. The van der Waals surface area contributed by atoms with Crippen LogP contribution in [0.4, 0.5) is 0 Å². The van der Waals surface area contributed by atoms with Crippen LogP contribution in [-0.4, -0.2) is 38.4 Å². The number of nitrogens with one attached hydrogen (secondary N) is 1. The summed E-state index contributed by atoms with van der Waals surface area (Å²) in [5, 5.41) is 9.83. The molecule has 1 N–H and O–H groups in total. The molecule has 2 heterocycles. The fourth-order valence-corrected chi connectivity index (χ4v) is 0.932. The van der Waals surface area contributed by atoms with Crippen molar-refractivity contribution in [1.29, 1.82) is 0 Å². The number of ether oxygens (including phenoxy) is 1. The molecule has 0 spiro atoms. The fourth-order valence-electron chi connectivity index (χ4n) is 0.932. The molecule has 0 radical (unpaired) electrons. The van der Waals surface area contributed by atoms with Gasteiger partial charge in [0.25, 0.3) is 0 Å². The second-order valence-electron chi connectivity index (χ2n) is 2.60. The minimum atomic E-state index is -0.442. The number of aromatic nitrogens is 5. The number of esters is 1. The lowest BCUT2D eigenvalue weighted by molar-refractivity contribution is -0.140. The van der Waals surface area contributed by atoms with Gasteiger partial charge in [-0.1, -0.05) is 5.16 Å². The van der Waals surface area contributed by atoms with E-state index >= 15 is 0 Å². The summed E-state index contributed by atoms with van der Waals surface area (Å²) in [6.07, 6.45) is 1.27. The number of H-pyrrole nitrogens is 1. The summed E-state index contributed by atoms with van der Waals surface area (Å²) in [5.74, 6) is 0.372. The molecule has 8 heteroatoms. The van der Waals surface area contributed by atoms with Crippen molar-refractivity contribution in [2.75, 3.05) is 7.11 Å². The van der Waals surface area contributed by atoms with E-state index in [1.807, 2.05) is 0 Å². The van der Waals surface area contributed by atoms with Gasteiger partial charge in [0.1, 0.15) is 12.7 Å². The smallest absolute Gasteiger partial charge is 0.315 e. The van der Waals surface area contributed by atoms with Gasteiger partial charge in [-0.3, -0.25) is 9.89 Å². The van der Waals surface area contributed by atoms with Crippen molar-refractivity contribution in [3.8, 4) is 11.6 Å². The van der Waals surface area contributed by atoms with E-state index in [0.717, 1.165) is 0 Å². The van der Waals surface area contributed by atoms with Gasteiger partial charge in [-0.05, 0) is 0 Å². The van der Waals surface area contributed by atoms with Crippen molar-refractivity contribution in [2.45, 2.75) is 6.42 Å². The van der Waals surface area contributed by atoms with E-state index in [2.05, 4.69) is 30.1 Å². The quantitative estimate of drug-likeness (QED) is 0.683. The SMILES string of the molecule is COC(=O)Cc1nc(-c2ncn[nH]2)no1. The minimum absolute atomic E-state index is 0.0579. The zero-order valence-electron chi connectivity index (χ0n) is 7.80. The van der Waals surface area contributed by atoms with Crippen LogP contribution in [-0.2, 0) is 16.0 Å². The van der Waals surface area contributed by atoms with Crippen molar-refractivity contribution in [3.63, 3.8) is 0 Å². The number of hydrogen-bond acceptors (Lipinski definition) is 7. The summed E-state index contributed by atoms with van der Waals surface area (Å²) in [4.78, 5) is 18.7. The van der Waals surface area contributed by atoms with Crippen LogP contribution in [0.5, 0.6) is 0 Å². The Kier molecular flexibility index (Phi) is 2.40. The third kappa shape index (κ3) is 1.98. The Morgan fingerprint density at radius 2 is 2.53 bits per heavy atom. The summed E-state index contributed by atoms with van der Waals surface area (Å²) >= 11 is 0. The minimum Gasteiger partial charge on any atom is -0.469 e. The first-order valence-corrected chi connectivity index (χ1v) is 4.04. The number of hydrogen-bond donors (Lipinski definition) is 1. The maximum Gasteiger partial charge on any atom is 0.315 e. The molecule has 8 nitrogen and oxygen atoms in total. The van der Waals surface area contributed by atoms with Crippen LogP contribution in [0.25, 0.3) is 11.6 Å². The number of aromatic amines is 1. The van der Waals surface area contributed by atoms with Gasteiger partial charge in [0.15, 0.2) is 5.82 Å². The van der Waals surface area contributed by atoms with Gasteiger partial charge in [-0.15, -0.1) is 0 Å². The Balaban J connectivity index is 2.14. The molecule has 0 fully saturated rings. The first-order chi connectivity index (χ1) is 7.29. The van der Waals surface area contributed by atoms with E-state index in [1.54, 1.807) is 0 Å². The van der Waals surface area contributed by atoms with Crippen molar-refractivity contribution in [2.24, 2.45) is 0 Å². The second kappa shape index (κ2) is 3.86. The van der Waals surface area contributed by atoms with Gasteiger partial charge in [-0.2, -0.15) is 10.1 Å². The highest BCUT2D eigenvalue weighted by Crippen LogP contribution is 2.08. The highest BCUT2D eigenvalue weighted by molar-refractivity contribution is 5.71. The molecule has 78 valence electrons. The summed E-state index contributed by atoms with van der Waals surface area (Å²) < 4.78 is 9.26. The van der Waals surface area contributed by atoms with Crippen molar-refractivity contribution in [1.82, 2.24) is 25.3 Å². The predicted molar refractivity (Wildman–Crippen MR) is 45.4 cm³/mol. The number of nitrogens with zero attached hydrogens (tertiary/aromatic N) is 4. The standard InChI is InChI=1S/C7H7N5O3/c1-14-5(13)2-4-10-7(12-15-4)6-8-3-9-11-6/h3H,2H2,1H3,(H,8,9,11). The highest BCUT2D eigenvalue weighted by Gasteiger charge is 2.13. The van der Waals surface area contributed by atoms with Crippen molar-refractivity contribution < 1.29 is 14.1 Å². The van der Waals surface area contributed by atoms with E-state index in [0.29, 0.717) is 5.82 Å².